The maximum Gasteiger partial charge on any atom is 0.123 e. The summed E-state index contributed by atoms with van der Waals surface area (Å²) >= 11 is 0. The molecular weight excluding hydrogens is 231 g/mol. The number of hydrogen-bond acceptors (Lipinski definition) is 2. The number of aliphatic hydroxyl groups excluding tert-OH is 1. The van der Waals surface area contributed by atoms with E-state index in [0.29, 0.717) is 6.42 Å². The third-order valence-electron chi connectivity index (χ3n) is 2.96. The highest BCUT2D eigenvalue weighted by Gasteiger charge is 2.11. The van der Waals surface area contributed by atoms with E-state index in [1.807, 2.05) is 0 Å². The predicted octanol–water partition coefficient (Wildman–Crippen LogP) is 3.12. The van der Waals surface area contributed by atoms with Crippen molar-refractivity contribution in [2.24, 2.45) is 0 Å². The number of aromatic hydroxyl groups is 1. The van der Waals surface area contributed by atoms with Crippen LogP contribution in [0, 0.1) is 12.7 Å². The summed E-state index contributed by atoms with van der Waals surface area (Å²) in [6.45, 7) is 1.78. The zero-order chi connectivity index (χ0) is 13.1. The summed E-state index contributed by atoms with van der Waals surface area (Å²) in [5, 5.41) is 19.3. The van der Waals surface area contributed by atoms with Gasteiger partial charge in [0.25, 0.3) is 0 Å². The average molecular weight is 246 g/mol. The van der Waals surface area contributed by atoms with Crippen LogP contribution in [0.4, 0.5) is 4.39 Å². The lowest BCUT2D eigenvalue weighted by molar-refractivity contribution is 0.177. The van der Waals surface area contributed by atoms with Crippen molar-refractivity contribution in [3.8, 4) is 5.75 Å². The number of rotatable bonds is 3. The van der Waals surface area contributed by atoms with Gasteiger partial charge < -0.3 is 10.2 Å². The first-order chi connectivity index (χ1) is 8.56. The second-order valence-electron chi connectivity index (χ2n) is 4.39. The number of aliphatic hydroxyl groups is 1. The standard InChI is InChI=1S/C15H15FO2/c1-10-8-12(16)4-7-14(10)15(18)9-11-2-5-13(17)6-3-11/h2-8,15,17-18H,9H2,1H3. The fraction of sp³-hybridized carbons (Fsp3) is 0.200. The van der Waals surface area contributed by atoms with Gasteiger partial charge in [0.15, 0.2) is 0 Å². The molecule has 2 aromatic rings. The quantitative estimate of drug-likeness (QED) is 0.873. The van der Waals surface area contributed by atoms with E-state index in [4.69, 9.17) is 0 Å². The van der Waals surface area contributed by atoms with Crippen LogP contribution in [-0.4, -0.2) is 10.2 Å². The number of hydrogen-bond donors (Lipinski definition) is 2. The Morgan fingerprint density at radius 1 is 1.11 bits per heavy atom. The Labute approximate surface area is 105 Å². The molecule has 2 rings (SSSR count). The summed E-state index contributed by atoms with van der Waals surface area (Å²) in [7, 11) is 0. The molecule has 2 aromatic carbocycles. The van der Waals surface area contributed by atoms with E-state index in [-0.39, 0.29) is 11.6 Å². The van der Waals surface area contributed by atoms with Crippen molar-refractivity contribution in [2.45, 2.75) is 19.4 Å². The summed E-state index contributed by atoms with van der Waals surface area (Å²) < 4.78 is 13.0. The second-order valence-corrected chi connectivity index (χ2v) is 4.39. The fourth-order valence-electron chi connectivity index (χ4n) is 1.98. The molecule has 0 saturated heterocycles. The van der Waals surface area contributed by atoms with Crippen LogP contribution < -0.4 is 0 Å². The summed E-state index contributed by atoms with van der Waals surface area (Å²) in [5.41, 5.74) is 2.38. The van der Waals surface area contributed by atoms with Crippen molar-refractivity contribution in [1.29, 1.82) is 0 Å². The lowest BCUT2D eigenvalue weighted by Crippen LogP contribution is -2.04. The first kappa shape index (κ1) is 12.6. The Balaban J connectivity index is 2.16. The maximum atomic E-state index is 13.0. The Bertz CT molecular complexity index is 535. The van der Waals surface area contributed by atoms with Crippen molar-refractivity contribution in [2.75, 3.05) is 0 Å². The van der Waals surface area contributed by atoms with Crippen molar-refractivity contribution in [3.63, 3.8) is 0 Å². The smallest absolute Gasteiger partial charge is 0.123 e. The van der Waals surface area contributed by atoms with Crippen LogP contribution in [0.3, 0.4) is 0 Å². The minimum atomic E-state index is -0.671. The molecule has 0 aliphatic heterocycles. The highest BCUT2D eigenvalue weighted by molar-refractivity contribution is 5.31. The monoisotopic (exact) mass is 246 g/mol. The predicted molar refractivity (Wildman–Crippen MR) is 67.9 cm³/mol. The van der Waals surface area contributed by atoms with Gasteiger partial charge >= 0.3 is 0 Å². The molecular formula is C15H15FO2. The maximum absolute atomic E-state index is 13.0. The third kappa shape index (κ3) is 2.87. The Morgan fingerprint density at radius 3 is 2.39 bits per heavy atom. The highest BCUT2D eigenvalue weighted by Crippen LogP contribution is 2.23. The molecule has 0 radical (unpaired) electrons. The van der Waals surface area contributed by atoms with Gasteiger partial charge in [-0.25, -0.2) is 4.39 Å². The summed E-state index contributed by atoms with van der Waals surface area (Å²) in [4.78, 5) is 0. The van der Waals surface area contributed by atoms with E-state index in [1.165, 1.54) is 12.1 Å². The van der Waals surface area contributed by atoms with Gasteiger partial charge in [-0.2, -0.15) is 0 Å². The largest absolute Gasteiger partial charge is 0.508 e. The average Bonchev–Trinajstić information content (AvgIpc) is 2.32. The van der Waals surface area contributed by atoms with Crippen molar-refractivity contribution in [3.05, 3.63) is 65.0 Å². The van der Waals surface area contributed by atoms with Crippen LogP contribution in [0.25, 0.3) is 0 Å². The van der Waals surface area contributed by atoms with E-state index in [1.54, 1.807) is 37.3 Å². The molecule has 1 unspecified atom stereocenters. The Hall–Kier alpha value is -1.87. The van der Waals surface area contributed by atoms with E-state index in [2.05, 4.69) is 0 Å². The molecule has 1 atom stereocenters. The van der Waals surface area contributed by atoms with Crippen LogP contribution in [0.1, 0.15) is 22.8 Å². The van der Waals surface area contributed by atoms with Gasteiger partial charge in [-0.15, -0.1) is 0 Å². The van der Waals surface area contributed by atoms with Crippen molar-refractivity contribution < 1.29 is 14.6 Å². The van der Waals surface area contributed by atoms with Gasteiger partial charge in [0.05, 0.1) is 6.10 Å². The number of aryl methyl sites for hydroxylation is 1. The number of phenols is 1. The van der Waals surface area contributed by atoms with Crippen molar-refractivity contribution >= 4 is 0 Å². The minimum absolute atomic E-state index is 0.200. The summed E-state index contributed by atoms with van der Waals surface area (Å²) in [6, 6.07) is 11.1. The molecule has 2 N–H and O–H groups in total. The summed E-state index contributed by atoms with van der Waals surface area (Å²) in [6.07, 6.45) is -0.234. The van der Waals surface area contributed by atoms with Crippen LogP contribution in [0.15, 0.2) is 42.5 Å². The van der Waals surface area contributed by atoms with E-state index >= 15 is 0 Å². The van der Waals surface area contributed by atoms with Crippen molar-refractivity contribution in [1.82, 2.24) is 0 Å². The third-order valence-corrected chi connectivity index (χ3v) is 2.96. The van der Waals surface area contributed by atoms with Gasteiger partial charge in [-0.05, 0) is 47.9 Å². The number of phenolic OH excluding ortho intramolecular Hbond substituents is 1. The molecule has 2 nitrogen and oxygen atoms in total. The van der Waals surface area contributed by atoms with Crippen LogP contribution in [0.2, 0.25) is 0 Å². The SMILES string of the molecule is Cc1cc(F)ccc1C(O)Cc1ccc(O)cc1. The lowest BCUT2D eigenvalue weighted by Gasteiger charge is -2.14. The molecule has 0 aliphatic carbocycles. The van der Waals surface area contributed by atoms with Gasteiger partial charge in [-0.1, -0.05) is 18.2 Å². The molecule has 0 aliphatic rings. The van der Waals surface area contributed by atoms with Gasteiger partial charge in [0.2, 0.25) is 0 Å². The zero-order valence-corrected chi connectivity index (χ0v) is 10.1. The molecule has 0 saturated carbocycles. The van der Waals surface area contributed by atoms with E-state index < -0.39 is 6.10 Å². The van der Waals surface area contributed by atoms with Crippen LogP contribution in [-0.2, 0) is 6.42 Å². The first-order valence-corrected chi connectivity index (χ1v) is 5.78. The molecule has 0 aromatic heterocycles. The van der Waals surface area contributed by atoms with Gasteiger partial charge in [0, 0.05) is 6.42 Å². The van der Waals surface area contributed by atoms with Gasteiger partial charge in [0.1, 0.15) is 11.6 Å². The van der Waals surface area contributed by atoms with E-state index in [0.717, 1.165) is 16.7 Å². The zero-order valence-electron chi connectivity index (χ0n) is 10.1. The molecule has 94 valence electrons. The normalized spacial score (nSPS) is 12.4. The minimum Gasteiger partial charge on any atom is -0.508 e. The molecule has 18 heavy (non-hydrogen) atoms. The molecule has 0 bridgehead atoms. The number of benzene rings is 2. The van der Waals surface area contributed by atoms with Gasteiger partial charge in [-0.3, -0.25) is 0 Å². The summed E-state index contributed by atoms with van der Waals surface area (Å²) in [5.74, 6) is -0.0979. The fourth-order valence-corrected chi connectivity index (χ4v) is 1.98. The first-order valence-electron chi connectivity index (χ1n) is 5.78. The molecule has 3 heteroatoms. The van der Waals surface area contributed by atoms with Crippen LogP contribution >= 0.6 is 0 Å². The molecule has 0 fully saturated rings. The lowest BCUT2D eigenvalue weighted by atomic mass is 9.97. The highest BCUT2D eigenvalue weighted by atomic mass is 19.1. The van der Waals surface area contributed by atoms with Crippen LogP contribution in [0.5, 0.6) is 5.75 Å². The Kier molecular flexibility index (Phi) is 3.63. The second kappa shape index (κ2) is 5.19. The van der Waals surface area contributed by atoms with E-state index in [9.17, 15) is 14.6 Å². The topological polar surface area (TPSA) is 40.5 Å². The molecule has 0 heterocycles. The Morgan fingerprint density at radius 2 is 1.78 bits per heavy atom. The molecule has 0 amide bonds. The molecule has 0 spiro atoms. The number of halogens is 1.